The van der Waals surface area contributed by atoms with E-state index in [0.29, 0.717) is 0 Å². The topological polar surface area (TPSA) is 6.48 Å². The molecule has 2 nitrogen and oxygen atoms in total. The summed E-state index contributed by atoms with van der Waals surface area (Å²) in [6.07, 6.45) is 0. The maximum Gasteiger partial charge on any atom is 0.0814 e. The van der Waals surface area contributed by atoms with Crippen LogP contribution in [0.3, 0.4) is 0 Å². The molecule has 9 heavy (non-hydrogen) atoms. The van der Waals surface area contributed by atoms with Gasteiger partial charge in [0.2, 0.25) is 0 Å². The molecule has 56 valence electrons. The molecule has 3 heteroatoms. The maximum absolute atomic E-state index is 2.18. The molecule has 0 atom stereocenters. The molecule has 0 saturated heterocycles. The zero-order valence-electron chi connectivity index (χ0n) is 6.31. The van der Waals surface area contributed by atoms with Gasteiger partial charge < -0.3 is 9.80 Å². The van der Waals surface area contributed by atoms with E-state index in [2.05, 4.69) is 38.0 Å². The van der Waals surface area contributed by atoms with Crippen molar-refractivity contribution in [1.82, 2.24) is 9.80 Å². The van der Waals surface area contributed by atoms with Gasteiger partial charge in [-0.05, 0) is 28.2 Å². The third-order valence-corrected chi connectivity index (χ3v) is 0.994. The molecule has 0 aromatic heterocycles. The van der Waals surface area contributed by atoms with Crippen molar-refractivity contribution < 1.29 is 0 Å². The third-order valence-electron chi connectivity index (χ3n) is 0.994. The minimum absolute atomic E-state index is 0. The first-order chi connectivity index (χ1) is 3.63. The van der Waals surface area contributed by atoms with Gasteiger partial charge in [-0.15, -0.1) is 0 Å². The highest BCUT2D eigenvalue weighted by atomic mass is 15.1. The van der Waals surface area contributed by atoms with Crippen LogP contribution in [-0.2, 0) is 0 Å². The van der Waals surface area contributed by atoms with Gasteiger partial charge in [0.1, 0.15) is 0 Å². The van der Waals surface area contributed by atoms with Crippen LogP contribution in [0.25, 0.3) is 0 Å². The summed E-state index contributed by atoms with van der Waals surface area (Å²) in [6, 6.07) is 0. The molecule has 0 bridgehead atoms. The lowest BCUT2D eigenvalue weighted by atomic mass is 10.5. The van der Waals surface area contributed by atoms with Gasteiger partial charge in [0.15, 0.2) is 0 Å². The molecule has 0 aliphatic heterocycles. The summed E-state index contributed by atoms with van der Waals surface area (Å²) < 4.78 is 0. The Kier molecular flexibility index (Phi) is 7.97. The predicted octanol–water partition coefficient (Wildman–Crippen LogP) is -1.07. The van der Waals surface area contributed by atoms with Crippen LogP contribution in [0.15, 0.2) is 0 Å². The first-order valence-corrected chi connectivity index (χ1v) is 2.92. The highest BCUT2D eigenvalue weighted by molar-refractivity contribution is 5.75. The normalized spacial score (nSPS) is 10.0. The Morgan fingerprint density at radius 1 is 0.778 bits per heavy atom. The molecular formula is C6H19BN2. The summed E-state index contributed by atoms with van der Waals surface area (Å²) in [4.78, 5) is 4.36. The van der Waals surface area contributed by atoms with Crippen molar-refractivity contribution in [1.29, 1.82) is 0 Å². The van der Waals surface area contributed by atoms with Crippen molar-refractivity contribution in [2.45, 2.75) is 0 Å². The average Bonchev–Trinajstić information content (AvgIpc) is 1.61. The van der Waals surface area contributed by atoms with E-state index >= 15 is 0 Å². The van der Waals surface area contributed by atoms with E-state index in [4.69, 9.17) is 0 Å². The Morgan fingerprint density at radius 2 is 1.00 bits per heavy atom. The number of rotatable bonds is 3. The fourth-order valence-electron chi connectivity index (χ4n) is 0.400. The zero-order chi connectivity index (χ0) is 6.57. The van der Waals surface area contributed by atoms with Crippen molar-refractivity contribution in [3.8, 4) is 0 Å². The summed E-state index contributed by atoms with van der Waals surface area (Å²) in [5, 5.41) is 0. The molecule has 0 aromatic rings. The van der Waals surface area contributed by atoms with E-state index in [0.717, 1.165) is 13.1 Å². The molecule has 0 rings (SSSR count). The maximum atomic E-state index is 2.18. The molecule has 0 N–H and O–H groups in total. The molecule has 0 aliphatic rings. The zero-order valence-corrected chi connectivity index (χ0v) is 6.31. The summed E-state index contributed by atoms with van der Waals surface area (Å²) in [6.45, 7) is 2.29. The van der Waals surface area contributed by atoms with Crippen molar-refractivity contribution >= 4 is 8.41 Å². The Hall–Kier alpha value is -0.0151. The van der Waals surface area contributed by atoms with Gasteiger partial charge in [0.25, 0.3) is 0 Å². The van der Waals surface area contributed by atoms with E-state index < -0.39 is 0 Å². The molecule has 0 heterocycles. The first-order valence-electron chi connectivity index (χ1n) is 2.92. The largest absolute Gasteiger partial charge is 0.308 e. The third kappa shape index (κ3) is 11.5. The van der Waals surface area contributed by atoms with E-state index in [1.54, 1.807) is 0 Å². The molecule has 0 unspecified atom stereocenters. The number of likely N-dealkylation sites (N-methyl/N-ethyl adjacent to an activating group) is 2. The predicted molar refractivity (Wildman–Crippen MR) is 47.0 cm³/mol. The number of nitrogens with zero attached hydrogens (tertiary/aromatic N) is 2. The van der Waals surface area contributed by atoms with Crippen LogP contribution in [0.2, 0.25) is 0 Å². The van der Waals surface area contributed by atoms with Crippen LogP contribution in [0.4, 0.5) is 0 Å². The quantitative estimate of drug-likeness (QED) is 0.448. The lowest BCUT2D eigenvalue weighted by molar-refractivity contribution is 0.320. The minimum atomic E-state index is 0. The van der Waals surface area contributed by atoms with E-state index in [-0.39, 0.29) is 8.41 Å². The molecular weight excluding hydrogens is 111 g/mol. The molecule has 0 amide bonds. The van der Waals surface area contributed by atoms with Crippen LogP contribution in [0.5, 0.6) is 0 Å². The summed E-state index contributed by atoms with van der Waals surface area (Å²) in [5.41, 5.74) is 0. The second kappa shape index (κ2) is 6.11. The lowest BCUT2D eigenvalue weighted by Gasteiger charge is -2.13. The second-order valence-electron chi connectivity index (χ2n) is 2.61. The molecule has 0 aliphatic carbocycles. The van der Waals surface area contributed by atoms with Crippen molar-refractivity contribution in [2.24, 2.45) is 0 Å². The summed E-state index contributed by atoms with van der Waals surface area (Å²) >= 11 is 0. The van der Waals surface area contributed by atoms with Crippen molar-refractivity contribution in [3.63, 3.8) is 0 Å². The SMILES string of the molecule is B.CN(C)CCN(C)C. The summed E-state index contributed by atoms with van der Waals surface area (Å²) in [5.74, 6) is 0. The Balaban J connectivity index is 0. The monoisotopic (exact) mass is 130 g/mol. The van der Waals surface area contributed by atoms with Crippen LogP contribution in [0, 0.1) is 0 Å². The fraction of sp³-hybridized carbons (Fsp3) is 1.00. The Bertz CT molecular complexity index is 47.0. The standard InChI is InChI=1S/C6H16N2.BH3/c1-7(2)5-6-8(3)4;/h5-6H2,1-4H3;1H3. The minimum Gasteiger partial charge on any atom is -0.308 e. The highest BCUT2D eigenvalue weighted by Crippen LogP contribution is 1.76. The Morgan fingerprint density at radius 3 is 1.11 bits per heavy atom. The van der Waals surface area contributed by atoms with Gasteiger partial charge in [-0.25, -0.2) is 0 Å². The van der Waals surface area contributed by atoms with E-state index in [9.17, 15) is 0 Å². The first kappa shape index (κ1) is 11.7. The van der Waals surface area contributed by atoms with Crippen molar-refractivity contribution in [3.05, 3.63) is 0 Å². The molecule has 0 aromatic carbocycles. The van der Waals surface area contributed by atoms with Gasteiger partial charge in [0.05, 0.1) is 8.41 Å². The van der Waals surface area contributed by atoms with E-state index in [1.165, 1.54) is 0 Å². The molecule has 0 spiro atoms. The highest BCUT2D eigenvalue weighted by Gasteiger charge is 1.89. The van der Waals surface area contributed by atoms with Gasteiger partial charge in [0, 0.05) is 13.1 Å². The fourth-order valence-corrected chi connectivity index (χ4v) is 0.400. The summed E-state index contributed by atoms with van der Waals surface area (Å²) in [7, 11) is 8.35. The van der Waals surface area contributed by atoms with Gasteiger partial charge in [-0.3, -0.25) is 0 Å². The van der Waals surface area contributed by atoms with Gasteiger partial charge >= 0.3 is 0 Å². The van der Waals surface area contributed by atoms with Gasteiger partial charge in [-0.2, -0.15) is 0 Å². The van der Waals surface area contributed by atoms with Crippen LogP contribution >= 0.6 is 0 Å². The second-order valence-corrected chi connectivity index (χ2v) is 2.61. The molecule has 0 fully saturated rings. The number of hydrogen-bond acceptors (Lipinski definition) is 2. The smallest absolute Gasteiger partial charge is 0.0814 e. The number of hydrogen-bond donors (Lipinski definition) is 0. The molecule has 0 saturated carbocycles. The van der Waals surface area contributed by atoms with Crippen LogP contribution < -0.4 is 0 Å². The van der Waals surface area contributed by atoms with E-state index in [1.807, 2.05) is 0 Å². The van der Waals surface area contributed by atoms with Crippen molar-refractivity contribution in [2.75, 3.05) is 41.3 Å². The lowest BCUT2D eigenvalue weighted by Crippen LogP contribution is -2.25. The van der Waals surface area contributed by atoms with Gasteiger partial charge in [-0.1, -0.05) is 0 Å². The van der Waals surface area contributed by atoms with Crippen LogP contribution in [-0.4, -0.2) is 59.5 Å². The van der Waals surface area contributed by atoms with Crippen LogP contribution in [0.1, 0.15) is 0 Å². The Labute approximate surface area is 60.4 Å². The average molecular weight is 130 g/mol. The molecule has 0 radical (unpaired) electrons.